The summed E-state index contributed by atoms with van der Waals surface area (Å²) in [6.45, 7) is 2.58. The molecule has 1 heterocycles. The summed E-state index contributed by atoms with van der Waals surface area (Å²) in [5.74, 6) is 2.61. The van der Waals surface area contributed by atoms with Gasteiger partial charge >= 0.3 is 0 Å². The number of nitrogens with zero attached hydrogens (tertiary/aromatic N) is 4. The van der Waals surface area contributed by atoms with Gasteiger partial charge in [0.15, 0.2) is 5.82 Å². The van der Waals surface area contributed by atoms with Gasteiger partial charge in [-0.15, -0.1) is 5.10 Å². The molecule has 6 nitrogen and oxygen atoms in total. The van der Waals surface area contributed by atoms with E-state index in [-0.39, 0.29) is 5.91 Å². The Labute approximate surface area is 134 Å². The number of aryl methyl sites for hydroxylation is 1. The van der Waals surface area contributed by atoms with Crippen molar-refractivity contribution >= 4 is 5.91 Å². The summed E-state index contributed by atoms with van der Waals surface area (Å²) in [5, 5.41) is 14.5. The summed E-state index contributed by atoms with van der Waals surface area (Å²) in [5.41, 5.74) is 1.43. The third-order valence-electron chi connectivity index (χ3n) is 4.92. The van der Waals surface area contributed by atoms with E-state index in [4.69, 9.17) is 0 Å². The Morgan fingerprint density at radius 3 is 2.96 bits per heavy atom. The number of nitrogens with one attached hydrogen (secondary N) is 1. The molecule has 1 amide bonds. The van der Waals surface area contributed by atoms with Gasteiger partial charge < -0.3 is 5.32 Å². The summed E-state index contributed by atoms with van der Waals surface area (Å²) in [7, 11) is 0. The van der Waals surface area contributed by atoms with Gasteiger partial charge in [0.05, 0.1) is 5.69 Å². The van der Waals surface area contributed by atoms with Crippen LogP contribution in [0.25, 0.3) is 5.69 Å². The second-order valence-corrected chi connectivity index (χ2v) is 6.44. The van der Waals surface area contributed by atoms with Crippen LogP contribution in [0, 0.1) is 24.7 Å². The number of allylic oxidation sites excluding steroid dienone is 2. The quantitative estimate of drug-likeness (QED) is 0.876. The molecule has 4 rings (SSSR count). The van der Waals surface area contributed by atoms with Crippen molar-refractivity contribution in [3.8, 4) is 5.69 Å². The lowest BCUT2D eigenvalue weighted by Gasteiger charge is -2.18. The lowest BCUT2D eigenvalue weighted by atomic mass is 9.93. The highest BCUT2D eigenvalue weighted by Gasteiger charge is 2.35. The molecule has 23 heavy (non-hydrogen) atoms. The van der Waals surface area contributed by atoms with Crippen LogP contribution < -0.4 is 5.32 Å². The van der Waals surface area contributed by atoms with E-state index in [0.717, 1.165) is 18.2 Å². The highest BCUT2D eigenvalue weighted by Crippen LogP contribution is 2.42. The van der Waals surface area contributed by atoms with Crippen LogP contribution in [0.15, 0.2) is 36.4 Å². The molecule has 1 N–H and O–H groups in total. The molecule has 1 fully saturated rings. The van der Waals surface area contributed by atoms with Crippen LogP contribution in [-0.2, 0) is 0 Å². The van der Waals surface area contributed by atoms with Crippen LogP contribution in [0.3, 0.4) is 0 Å². The highest BCUT2D eigenvalue weighted by molar-refractivity contribution is 5.94. The Kier molecular flexibility index (Phi) is 3.44. The van der Waals surface area contributed by atoms with Crippen molar-refractivity contribution in [3.63, 3.8) is 0 Å². The minimum absolute atomic E-state index is 0.0377. The van der Waals surface area contributed by atoms with E-state index in [1.165, 1.54) is 12.8 Å². The molecule has 2 bridgehead atoms. The van der Waals surface area contributed by atoms with E-state index in [9.17, 15) is 4.79 Å². The third kappa shape index (κ3) is 2.65. The average molecular weight is 309 g/mol. The molecule has 2 aliphatic rings. The second-order valence-electron chi connectivity index (χ2n) is 6.44. The van der Waals surface area contributed by atoms with E-state index in [1.54, 1.807) is 4.68 Å². The maximum atomic E-state index is 12.4. The van der Waals surface area contributed by atoms with E-state index < -0.39 is 0 Å². The number of hydrogen-bond donors (Lipinski definition) is 1. The molecule has 6 heteroatoms. The summed E-state index contributed by atoms with van der Waals surface area (Å²) < 4.78 is 1.62. The predicted molar refractivity (Wildman–Crippen MR) is 85.1 cm³/mol. The number of aromatic nitrogens is 4. The molecule has 2 aromatic rings. The fourth-order valence-corrected chi connectivity index (χ4v) is 3.70. The van der Waals surface area contributed by atoms with Crippen LogP contribution in [0.5, 0.6) is 0 Å². The SMILES string of the molecule is Cc1nnnn1-c1cccc(C(=O)NC[C@@H]2C[C@@H]3C=C[C@H]2C3)c1. The summed E-state index contributed by atoms with van der Waals surface area (Å²) in [4.78, 5) is 12.4. The van der Waals surface area contributed by atoms with Gasteiger partial charge in [-0.1, -0.05) is 18.2 Å². The fourth-order valence-electron chi connectivity index (χ4n) is 3.70. The molecule has 1 saturated carbocycles. The standard InChI is InChI=1S/C17H19N5O/c1-11-19-20-21-22(11)16-4-2-3-14(9-16)17(23)18-10-15-8-12-5-6-13(15)7-12/h2-6,9,12-13,15H,7-8,10H2,1H3,(H,18,23)/t12-,13+,15+/m1/s1. The van der Waals surface area contributed by atoms with Crippen molar-refractivity contribution in [3.05, 3.63) is 47.8 Å². The highest BCUT2D eigenvalue weighted by atomic mass is 16.1. The number of carbonyl (C=O) groups is 1. The van der Waals surface area contributed by atoms with Gasteiger partial charge in [0.1, 0.15) is 0 Å². The van der Waals surface area contributed by atoms with Crippen molar-refractivity contribution in [2.24, 2.45) is 17.8 Å². The normalized spacial score (nSPS) is 25.0. The number of rotatable bonds is 4. The Bertz CT molecular complexity index is 766. The van der Waals surface area contributed by atoms with E-state index >= 15 is 0 Å². The van der Waals surface area contributed by atoms with E-state index in [2.05, 4.69) is 33.0 Å². The summed E-state index contributed by atoms with van der Waals surface area (Å²) in [6.07, 6.45) is 7.09. The molecule has 1 aromatic heterocycles. The topological polar surface area (TPSA) is 72.7 Å². The van der Waals surface area contributed by atoms with Crippen LogP contribution >= 0.6 is 0 Å². The molecule has 0 radical (unpaired) electrons. The smallest absolute Gasteiger partial charge is 0.251 e. The van der Waals surface area contributed by atoms with Crippen molar-refractivity contribution in [1.82, 2.24) is 25.5 Å². The average Bonchev–Trinajstić information content (AvgIpc) is 3.29. The molecule has 2 aliphatic carbocycles. The Balaban J connectivity index is 1.44. The zero-order valence-corrected chi connectivity index (χ0v) is 13.0. The van der Waals surface area contributed by atoms with Crippen LogP contribution in [0.1, 0.15) is 29.0 Å². The fraction of sp³-hybridized carbons (Fsp3) is 0.412. The first-order chi connectivity index (χ1) is 11.2. The molecule has 3 atom stereocenters. The molecule has 118 valence electrons. The van der Waals surface area contributed by atoms with Gasteiger partial charge in [-0.2, -0.15) is 4.68 Å². The molecular formula is C17H19N5O. The first kappa shape index (κ1) is 14.1. The van der Waals surface area contributed by atoms with Gasteiger partial charge in [-0.05, 0) is 66.1 Å². The lowest BCUT2D eigenvalue weighted by Crippen LogP contribution is -2.31. The van der Waals surface area contributed by atoms with Crippen molar-refractivity contribution in [2.45, 2.75) is 19.8 Å². The Morgan fingerprint density at radius 1 is 1.35 bits per heavy atom. The van der Waals surface area contributed by atoms with E-state index in [1.807, 2.05) is 31.2 Å². The predicted octanol–water partition coefficient (Wildman–Crippen LogP) is 1.91. The molecule has 0 spiro atoms. The minimum atomic E-state index is -0.0377. The number of carbonyl (C=O) groups excluding carboxylic acids is 1. The van der Waals surface area contributed by atoms with Crippen LogP contribution in [0.2, 0.25) is 0 Å². The van der Waals surface area contributed by atoms with Crippen LogP contribution in [0.4, 0.5) is 0 Å². The maximum Gasteiger partial charge on any atom is 0.251 e. The number of tetrazole rings is 1. The van der Waals surface area contributed by atoms with Crippen molar-refractivity contribution in [1.29, 1.82) is 0 Å². The van der Waals surface area contributed by atoms with Gasteiger partial charge in [0.25, 0.3) is 5.91 Å². The molecule has 1 aromatic carbocycles. The second kappa shape index (κ2) is 5.61. The zero-order valence-electron chi connectivity index (χ0n) is 13.0. The summed E-state index contributed by atoms with van der Waals surface area (Å²) >= 11 is 0. The van der Waals surface area contributed by atoms with Crippen molar-refractivity contribution < 1.29 is 4.79 Å². The molecule has 0 aliphatic heterocycles. The van der Waals surface area contributed by atoms with Gasteiger partial charge in [-0.3, -0.25) is 4.79 Å². The monoisotopic (exact) mass is 309 g/mol. The van der Waals surface area contributed by atoms with Gasteiger partial charge in [-0.25, -0.2) is 0 Å². The third-order valence-corrected chi connectivity index (χ3v) is 4.92. The minimum Gasteiger partial charge on any atom is -0.352 e. The van der Waals surface area contributed by atoms with Gasteiger partial charge in [0.2, 0.25) is 0 Å². The number of benzene rings is 1. The maximum absolute atomic E-state index is 12.4. The first-order valence-corrected chi connectivity index (χ1v) is 8.02. The molecule has 0 unspecified atom stereocenters. The Hall–Kier alpha value is -2.50. The first-order valence-electron chi connectivity index (χ1n) is 8.02. The molecule has 0 saturated heterocycles. The largest absolute Gasteiger partial charge is 0.352 e. The lowest BCUT2D eigenvalue weighted by molar-refractivity contribution is 0.0945. The van der Waals surface area contributed by atoms with E-state index in [0.29, 0.717) is 23.2 Å². The van der Waals surface area contributed by atoms with Gasteiger partial charge in [0, 0.05) is 12.1 Å². The summed E-state index contributed by atoms with van der Waals surface area (Å²) in [6, 6.07) is 7.38. The number of hydrogen-bond acceptors (Lipinski definition) is 4. The molecular weight excluding hydrogens is 290 g/mol. The number of amides is 1. The Morgan fingerprint density at radius 2 is 2.26 bits per heavy atom. The number of fused-ring (bicyclic) bond motifs is 2. The van der Waals surface area contributed by atoms with Crippen molar-refractivity contribution in [2.75, 3.05) is 6.54 Å². The zero-order chi connectivity index (χ0) is 15.8. The van der Waals surface area contributed by atoms with Crippen LogP contribution in [-0.4, -0.2) is 32.7 Å².